The topological polar surface area (TPSA) is 63.2 Å². The summed E-state index contributed by atoms with van der Waals surface area (Å²) >= 11 is 6.87. The molecule has 0 unspecified atom stereocenters. The number of hydrogen-bond donors (Lipinski definition) is 1. The first kappa shape index (κ1) is 15.9. The predicted octanol–water partition coefficient (Wildman–Crippen LogP) is 3.09. The second-order valence-corrected chi connectivity index (χ2v) is 8.13. The fourth-order valence-corrected chi connectivity index (χ4v) is 4.41. The minimum atomic E-state index is -3.64. The lowest BCUT2D eigenvalue weighted by atomic mass is 10.3. The summed E-state index contributed by atoms with van der Waals surface area (Å²) < 4.78 is 37.6. The average Bonchev–Trinajstić information content (AvgIpc) is 2.76. The van der Waals surface area contributed by atoms with Gasteiger partial charge in [0.15, 0.2) is 9.84 Å². The first-order valence-corrected chi connectivity index (χ1v) is 8.86. The van der Waals surface area contributed by atoms with Crippen molar-refractivity contribution in [2.75, 3.05) is 11.1 Å². The highest BCUT2D eigenvalue weighted by Crippen LogP contribution is 2.23. The zero-order valence-electron chi connectivity index (χ0n) is 10.7. The highest BCUT2D eigenvalue weighted by Gasteiger charge is 2.19. The van der Waals surface area contributed by atoms with E-state index in [4.69, 9.17) is 11.6 Å². The Morgan fingerprint density at radius 1 is 1.24 bits per heavy atom. The van der Waals surface area contributed by atoms with Gasteiger partial charge in [0.1, 0.15) is 11.6 Å². The minimum absolute atomic E-state index is 0.0446. The van der Waals surface area contributed by atoms with E-state index in [9.17, 15) is 17.6 Å². The molecule has 0 aliphatic rings. The average molecular weight is 348 g/mol. The summed E-state index contributed by atoms with van der Waals surface area (Å²) in [4.78, 5) is 12.3. The standard InChI is InChI=1S/C13H11ClFNO3S2/c14-12-6-5-9(20-12)7-21(18,19)8-13(17)16-11-4-2-1-3-10(11)15/h1-6H,7-8H2,(H,16,17). The maximum atomic E-state index is 13.4. The number of nitrogens with one attached hydrogen (secondary N) is 1. The van der Waals surface area contributed by atoms with E-state index in [1.165, 1.54) is 18.2 Å². The molecule has 0 aliphatic carbocycles. The van der Waals surface area contributed by atoms with Crippen LogP contribution in [0.25, 0.3) is 0 Å². The van der Waals surface area contributed by atoms with Gasteiger partial charge in [0.05, 0.1) is 15.8 Å². The zero-order valence-corrected chi connectivity index (χ0v) is 13.1. The molecule has 1 aromatic heterocycles. The van der Waals surface area contributed by atoms with Crippen LogP contribution in [0.1, 0.15) is 4.88 Å². The molecule has 21 heavy (non-hydrogen) atoms. The van der Waals surface area contributed by atoms with Gasteiger partial charge in [0.2, 0.25) is 5.91 Å². The Balaban J connectivity index is 2.00. The third-order valence-electron chi connectivity index (χ3n) is 2.49. The van der Waals surface area contributed by atoms with E-state index in [1.54, 1.807) is 18.2 Å². The van der Waals surface area contributed by atoms with Crippen molar-refractivity contribution in [3.63, 3.8) is 0 Å². The number of benzene rings is 1. The third kappa shape index (κ3) is 4.80. The molecule has 1 aromatic carbocycles. The Kier molecular flexibility index (Phi) is 4.97. The van der Waals surface area contributed by atoms with Crippen molar-refractivity contribution in [2.45, 2.75) is 5.75 Å². The van der Waals surface area contributed by atoms with Crippen LogP contribution in [0.4, 0.5) is 10.1 Å². The maximum Gasteiger partial charge on any atom is 0.239 e. The molecule has 0 saturated carbocycles. The van der Waals surface area contributed by atoms with Crippen molar-refractivity contribution >= 4 is 44.4 Å². The SMILES string of the molecule is O=C(CS(=O)(=O)Cc1ccc(Cl)s1)Nc1ccccc1F. The summed E-state index contributed by atoms with van der Waals surface area (Å²) in [5, 5.41) is 2.24. The van der Waals surface area contributed by atoms with Crippen molar-refractivity contribution in [1.29, 1.82) is 0 Å². The van der Waals surface area contributed by atoms with E-state index in [0.717, 1.165) is 11.3 Å². The van der Waals surface area contributed by atoms with Crippen molar-refractivity contribution in [2.24, 2.45) is 0 Å². The van der Waals surface area contributed by atoms with Crippen LogP contribution in [0.5, 0.6) is 0 Å². The van der Waals surface area contributed by atoms with Gasteiger partial charge in [-0.25, -0.2) is 12.8 Å². The Bertz CT molecular complexity index is 758. The van der Waals surface area contributed by atoms with Crippen molar-refractivity contribution < 1.29 is 17.6 Å². The van der Waals surface area contributed by atoms with Gasteiger partial charge in [-0.3, -0.25) is 4.79 Å². The molecule has 0 radical (unpaired) electrons. The molecule has 1 amide bonds. The molecule has 2 rings (SSSR count). The summed E-state index contributed by atoms with van der Waals surface area (Å²) in [5.74, 6) is -2.37. The zero-order chi connectivity index (χ0) is 15.5. The monoisotopic (exact) mass is 347 g/mol. The molecule has 112 valence electrons. The van der Waals surface area contributed by atoms with Gasteiger partial charge in [-0.2, -0.15) is 0 Å². The highest BCUT2D eigenvalue weighted by molar-refractivity contribution is 7.91. The summed E-state index contributed by atoms with van der Waals surface area (Å²) in [6.45, 7) is 0. The summed E-state index contributed by atoms with van der Waals surface area (Å²) in [6.07, 6.45) is 0. The summed E-state index contributed by atoms with van der Waals surface area (Å²) in [6, 6.07) is 8.75. The molecule has 0 aliphatic heterocycles. The molecular formula is C13H11ClFNO3S2. The number of thiophene rings is 1. The van der Waals surface area contributed by atoms with Crippen LogP contribution >= 0.6 is 22.9 Å². The second kappa shape index (κ2) is 6.55. The van der Waals surface area contributed by atoms with E-state index in [1.807, 2.05) is 0 Å². The fourth-order valence-electron chi connectivity index (χ4n) is 1.65. The molecule has 0 saturated heterocycles. The van der Waals surface area contributed by atoms with Gasteiger partial charge in [-0.1, -0.05) is 23.7 Å². The van der Waals surface area contributed by atoms with Gasteiger partial charge >= 0.3 is 0 Å². The van der Waals surface area contributed by atoms with E-state index in [2.05, 4.69) is 5.32 Å². The Morgan fingerprint density at radius 3 is 2.57 bits per heavy atom. The van der Waals surface area contributed by atoms with Crippen molar-refractivity contribution in [3.8, 4) is 0 Å². The molecule has 4 nitrogen and oxygen atoms in total. The molecule has 8 heteroatoms. The van der Waals surface area contributed by atoms with Gasteiger partial charge < -0.3 is 5.32 Å². The van der Waals surface area contributed by atoms with Gasteiger partial charge in [0, 0.05) is 4.88 Å². The maximum absolute atomic E-state index is 13.4. The predicted molar refractivity (Wildman–Crippen MR) is 81.8 cm³/mol. The Hall–Kier alpha value is -1.44. The number of hydrogen-bond acceptors (Lipinski definition) is 4. The van der Waals surface area contributed by atoms with Crippen LogP contribution in [0.2, 0.25) is 4.34 Å². The number of para-hydroxylation sites is 1. The number of carbonyl (C=O) groups excluding carboxylic acids is 1. The van der Waals surface area contributed by atoms with Crippen LogP contribution < -0.4 is 5.32 Å². The number of halogens is 2. The number of amides is 1. The van der Waals surface area contributed by atoms with Crippen molar-refractivity contribution in [3.05, 3.63) is 51.4 Å². The number of carbonyl (C=O) groups is 1. The first-order valence-electron chi connectivity index (χ1n) is 5.85. The number of anilines is 1. The van der Waals surface area contributed by atoms with Gasteiger partial charge in [0.25, 0.3) is 0 Å². The second-order valence-electron chi connectivity index (χ2n) is 4.27. The lowest BCUT2D eigenvalue weighted by molar-refractivity contribution is -0.113. The van der Waals surface area contributed by atoms with Crippen LogP contribution in [-0.2, 0) is 20.4 Å². The first-order chi connectivity index (χ1) is 9.85. The van der Waals surface area contributed by atoms with E-state index in [0.29, 0.717) is 9.21 Å². The molecule has 0 bridgehead atoms. The Labute approximate surface area is 130 Å². The molecule has 0 spiro atoms. The summed E-state index contributed by atoms with van der Waals surface area (Å²) in [5.41, 5.74) is -0.0446. The lowest BCUT2D eigenvalue weighted by Gasteiger charge is -2.06. The van der Waals surface area contributed by atoms with E-state index >= 15 is 0 Å². The largest absolute Gasteiger partial charge is 0.323 e. The van der Waals surface area contributed by atoms with Crippen LogP contribution in [0.15, 0.2) is 36.4 Å². The number of sulfone groups is 1. The molecule has 1 N–H and O–H groups in total. The molecule has 1 heterocycles. The van der Waals surface area contributed by atoms with Gasteiger partial charge in [-0.15, -0.1) is 11.3 Å². The quantitative estimate of drug-likeness (QED) is 0.904. The minimum Gasteiger partial charge on any atom is -0.323 e. The van der Waals surface area contributed by atoms with E-state index < -0.39 is 27.3 Å². The molecular weight excluding hydrogens is 337 g/mol. The lowest BCUT2D eigenvalue weighted by Crippen LogP contribution is -2.24. The third-order valence-corrected chi connectivity index (χ3v) is 5.36. The van der Waals surface area contributed by atoms with Crippen molar-refractivity contribution in [1.82, 2.24) is 0 Å². The fraction of sp³-hybridized carbons (Fsp3) is 0.154. The number of rotatable bonds is 5. The molecule has 2 aromatic rings. The highest BCUT2D eigenvalue weighted by atomic mass is 35.5. The van der Waals surface area contributed by atoms with Crippen LogP contribution in [-0.4, -0.2) is 20.1 Å². The van der Waals surface area contributed by atoms with Crippen LogP contribution in [0, 0.1) is 5.82 Å². The molecule has 0 atom stereocenters. The summed E-state index contributed by atoms with van der Waals surface area (Å²) in [7, 11) is -3.64. The Morgan fingerprint density at radius 2 is 1.95 bits per heavy atom. The molecule has 0 fully saturated rings. The van der Waals surface area contributed by atoms with Gasteiger partial charge in [-0.05, 0) is 24.3 Å². The normalized spacial score (nSPS) is 11.3. The van der Waals surface area contributed by atoms with Crippen LogP contribution in [0.3, 0.4) is 0 Å². The smallest absolute Gasteiger partial charge is 0.239 e. The van der Waals surface area contributed by atoms with E-state index in [-0.39, 0.29) is 11.4 Å².